The van der Waals surface area contributed by atoms with Gasteiger partial charge < -0.3 is 4.74 Å². The highest BCUT2D eigenvalue weighted by molar-refractivity contribution is 7.88. The third kappa shape index (κ3) is 3.70. The second-order valence-corrected chi connectivity index (χ2v) is 8.58. The lowest BCUT2D eigenvalue weighted by Crippen LogP contribution is -2.38. The summed E-state index contributed by atoms with van der Waals surface area (Å²) in [5.41, 5.74) is 0.928. The zero-order valence-corrected chi connectivity index (χ0v) is 14.8. The van der Waals surface area contributed by atoms with Gasteiger partial charge in [-0.05, 0) is 44.2 Å². The number of hydrogen-bond donors (Lipinski definition) is 0. The van der Waals surface area contributed by atoms with Crippen LogP contribution in [0, 0.1) is 5.92 Å². The average molecular weight is 353 g/mol. The van der Waals surface area contributed by atoms with Crippen molar-refractivity contribution in [1.82, 2.24) is 9.29 Å². The number of carbonyl (C=O) groups excluding carboxylic acids is 1. The largest absolute Gasteiger partial charge is 0.447 e. The molecule has 0 radical (unpaired) electrons. The molecule has 0 aromatic carbocycles. The number of hydrogen-bond acceptors (Lipinski definition) is 5. The first-order valence-electron chi connectivity index (χ1n) is 8.21. The first kappa shape index (κ1) is 17.2. The number of pyridine rings is 1. The summed E-state index contributed by atoms with van der Waals surface area (Å²) in [4.78, 5) is 18.0. The molecular formula is C16H23N3O4S. The molecule has 8 heteroatoms. The van der Waals surface area contributed by atoms with Crippen molar-refractivity contribution in [2.24, 2.45) is 5.92 Å². The first-order valence-corrected chi connectivity index (χ1v) is 10.1. The molecule has 24 heavy (non-hydrogen) atoms. The fraction of sp³-hybridized carbons (Fsp3) is 0.625. The standard InChI is InChI=1S/C16H23N3O4S/c1-12-11-23-16(20)19(12)15-5-3-4-14(17-15)10-13-6-8-18(9-7-13)24(2,21)22/h3-5,12-13H,6-11H2,1-2H3. The molecule has 2 saturated heterocycles. The van der Waals surface area contributed by atoms with Crippen molar-refractivity contribution in [3.8, 4) is 0 Å². The highest BCUT2D eigenvalue weighted by Gasteiger charge is 2.32. The van der Waals surface area contributed by atoms with Gasteiger partial charge in [0.05, 0.1) is 12.3 Å². The summed E-state index contributed by atoms with van der Waals surface area (Å²) in [6.07, 6.45) is 3.37. The molecule has 2 fully saturated rings. The van der Waals surface area contributed by atoms with Gasteiger partial charge >= 0.3 is 6.09 Å². The van der Waals surface area contributed by atoms with Crippen molar-refractivity contribution in [3.05, 3.63) is 23.9 Å². The minimum atomic E-state index is -3.09. The van der Waals surface area contributed by atoms with Crippen LogP contribution < -0.4 is 4.90 Å². The maximum atomic E-state index is 11.8. The van der Waals surface area contributed by atoms with E-state index in [2.05, 4.69) is 4.98 Å². The maximum Gasteiger partial charge on any atom is 0.415 e. The van der Waals surface area contributed by atoms with E-state index in [1.807, 2.05) is 25.1 Å². The number of anilines is 1. The third-order valence-electron chi connectivity index (χ3n) is 4.66. The lowest BCUT2D eigenvalue weighted by Gasteiger charge is -2.30. The molecule has 0 spiro atoms. The summed E-state index contributed by atoms with van der Waals surface area (Å²) in [6, 6.07) is 5.66. The fourth-order valence-corrected chi connectivity index (χ4v) is 4.16. The molecule has 1 amide bonds. The van der Waals surface area contributed by atoms with E-state index >= 15 is 0 Å². The minimum Gasteiger partial charge on any atom is -0.447 e. The Bertz CT molecular complexity index is 714. The average Bonchev–Trinajstić information content (AvgIpc) is 2.86. The van der Waals surface area contributed by atoms with Gasteiger partial charge in [0.25, 0.3) is 0 Å². The van der Waals surface area contributed by atoms with Crippen LogP contribution in [0.4, 0.5) is 10.6 Å². The molecule has 3 rings (SSSR count). The third-order valence-corrected chi connectivity index (χ3v) is 5.97. The van der Waals surface area contributed by atoms with Gasteiger partial charge in [-0.25, -0.2) is 22.5 Å². The summed E-state index contributed by atoms with van der Waals surface area (Å²) in [5, 5.41) is 0. The van der Waals surface area contributed by atoms with Crippen LogP contribution in [0.1, 0.15) is 25.5 Å². The number of cyclic esters (lactones) is 1. The smallest absolute Gasteiger partial charge is 0.415 e. The Morgan fingerprint density at radius 1 is 1.29 bits per heavy atom. The Kier molecular flexibility index (Phi) is 4.78. The quantitative estimate of drug-likeness (QED) is 0.822. The number of nitrogens with zero attached hydrogens (tertiary/aromatic N) is 3. The van der Waals surface area contributed by atoms with Gasteiger partial charge in [-0.15, -0.1) is 0 Å². The van der Waals surface area contributed by atoms with Gasteiger partial charge in [0.2, 0.25) is 10.0 Å². The van der Waals surface area contributed by atoms with E-state index in [-0.39, 0.29) is 12.1 Å². The summed E-state index contributed by atoms with van der Waals surface area (Å²) < 4.78 is 29.7. The van der Waals surface area contributed by atoms with E-state index in [1.54, 1.807) is 4.90 Å². The predicted molar refractivity (Wildman–Crippen MR) is 90.4 cm³/mol. The lowest BCUT2D eigenvalue weighted by molar-refractivity contribution is 0.179. The van der Waals surface area contributed by atoms with Crippen LogP contribution in [0.15, 0.2) is 18.2 Å². The molecule has 132 valence electrons. The molecule has 0 saturated carbocycles. The number of amides is 1. The highest BCUT2D eigenvalue weighted by atomic mass is 32.2. The second-order valence-electron chi connectivity index (χ2n) is 6.59. The van der Waals surface area contributed by atoms with Crippen molar-refractivity contribution < 1.29 is 17.9 Å². The van der Waals surface area contributed by atoms with Crippen LogP contribution in [0.2, 0.25) is 0 Å². The summed E-state index contributed by atoms with van der Waals surface area (Å²) in [5.74, 6) is 1.03. The maximum absolute atomic E-state index is 11.8. The van der Waals surface area contributed by atoms with Gasteiger partial charge in [0.15, 0.2) is 0 Å². The number of carbonyl (C=O) groups is 1. The first-order chi connectivity index (χ1) is 11.3. The van der Waals surface area contributed by atoms with Crippen molar-refractivity contribution in [1.29, 1.82) is 0 Å². The molecule has 2 aliphatic rings. The van der Waals surface area contributed by atoms with Crippen LogP contribution in [-0.2, 0) is 21.2 Å². The molecule has 0 aliphatic carbocycles. The molecule has 1 aromatic rings. The summed E-state index contributed by atoms with van der Waals surface area (Å²) in [7, 11) is -3.09. The van der Waals surface area contributed by atoms with Crippen molar-refractivity contribution in [3.63, 3.8) is 0 Å². The Morgan fingerprint density at radius 2 is 2.00 bits per heavy atom. The molecule has 7 nitrogen and oxygen atoms in total. The molecule has 3 heterocycles. The highest BCUT2D eigenvalue weighted by Crippen LogP contribution is 2.25. The molecule has 1 unspecified atom stereocenters. The van der Waals surface area contributed by atoms with Crippen LogP contribution >= 0.6 is 0 Å². The Morgan fingerprint density at radius 3 is 2.58 bits per heavy atom. The minimum absolute atomic E-state index is 0.0155. The van der Waals surface area contributed by atoms with E-state index < -0.39 is 10.0 Å². The Hall–Kier alpha value is -1.67. The number of piperidine rings is 1. The molecule has 1 aromatic heterocycles. The van der Waals surface area contributed by atoms with E-state index in [1.165, 1.54) is 10.6 Å². The lowest BCUT2D eigenvalue weighted by atomic mass is 9.93. The number of sulfonamides is 1. The number of ether oxygens (including phenoxy) is 1. The molecule has 1 atom stereocenters. The van der Waals surface area contributed by atoms with Crippen molar-refractivity contribution in [2.45, 2.75) is 32.2 Å². The van der Waals surface area contributed by atoms with Crippen molar-refractivity contribution >= 4 is 21.9 Å². The zero-order valence-electron chi connectivity index (χ0n) is 14.0. The number of aromatic nitrogens is 1. The number of rotatable bonds is 4. The van der Waals surface area contributed by atoms with Crippen LogP contribution in [0.25, 0.3) is 0 Å². The normalized spacial score (nSPS) is 23.5. The van der Waals surface area contributed by atoms with Gasteiger partial charge in [-0.3, -0.25) is 4.90 Å². The molecule has 0 N–H and O–H groups in total. The summed E-state index contributed by atoms with van der Waals surface area (Å²) >= 11 is 0. The molecule has 0 bridgehead atoms. The zero-order chi connectivity index (χ0) is 17.3. The Labute approximate surface area is 142 Å². The van der Waals surface area contributed by atoms with Gasteiger partial charge in [-0.2, -0.15) is 0 Å². The van der Waals surface area contributed by atoms with Crippen LogP contribution in [-0.4, -0.2) is 55.8 Å². The van der Waals surface area contributed by atoms with Crippen LogP contribution in [0.5, 0.6) is 0 Å². The van der Waals surface area contributed by atoms with Gasteiger partial charge in [0, 0.05) is 18.8 Å². The van der Waals surface area contributed by atoms with E-state index in [0.717, 1.165) is 25.0 Å². The van der Waals surface area contributed by atoms with E-state index in [4.69, 9.17) is 4.74 Å². The fourth-order valence-electron chi connectivity index (χ4n) is 3.29. The van der Waals surface area contributed by atoms with E-state index in [0.29, 0.717) is 31.4 Å². The SMILES string of the molecule is CC1COC(=O)N1c1cccc(CC2CCN(S(C)(=O)=O)CC2)n1. The van der Waals surface area contributed by atoms with Crippen LogP contribution in [0.3, 0.4) is 0 Å². The molecular weight excluding hydrogens is 330 g/mol. The second kappa shape index (κ2) is 6.68. The Balaban J connectivity index is 1.65. The predicted octanol–water partition coefficient (Wildman–Crippen LogP) is 1.64. The summed E-state index contributed by atoms with van der Waals surface area (Å²) in [6.45, 7) is 3.45. The molecule has 2 aliphatic heterocycles. The van der Waals surface area contributed by atoms with Crippen molar-refractivity contribution in [2.75, 3.05) is 30.9 Å². The topological polar surface area (TPSA) is 79.8 Å². The monoisotopic (exact) mass is 353 g/mol. The van der Waals surface area contributed by atoms with E-state index in [9.17, 15) is 13.2 Å². The van der Waals surface area contributed by atoms with Gasteiger partial charge in [-0.1, -0.05) is 6.07 Å². The van der Waals surface area contributed by atoms with Gasteiger partial charge in [0.1, 0.15) is 12.4 Å².